The second kappa shape index (κ2) is 7.66. The van der Waals surface area contributed by atoms with Crippen LogP contribution in [-0.4, -0.2) is 28.8 Å². The van der Waals surface area contributed by atoms with Crippen LogP contribution < -0.4 is 10.6 Å². The van der Waals surface area contributed by atoms with E-state index in [0.717, 1.165) is 11.3 Å². The number of carbonyl (C=O) groups is 2. The highest BCUT2D eigenvalue weighted by Gasteiger charge is 2.18. The second-order valence-electron chi connectivity index (χ2n) is 5.24. The predicted molar refractivity (Wildman–Crippen MR) is 77.0 cm³/mol. The van der Waals surface area contributed by atoms with Gasteiger partial charge < -0.3 is 20.3 Å². The summed E-state index contributed by atoms with van der Waals surface area (Å²) in [7, 11) is 0. The molecule has 0 saturated heterocycles. The van der Waals surface area contributed by atoms with Gasteiger partial charge in [-0.2, -0.15) is 0 Å². The van der Waals surface area contributed by atoms with Gasteiger partial charge in [0.05, 0.1) is 17.7 Å². The lowest BCUT2D eigenvalue weighted by Gasteiger charge is -2.14. The van der Waals surface area contributed by atoms with Crippen molar-refractivity contribution in [3.63, 3.8) is 0 Å². The Morgan fingerprint density at radius 1 is 1.33 bits per heavy atom. The van der Waals surface area contributed by atoms with E-state index in [2.05, 4.69) is 15.8 Å². The maximum Gasteiger partial charge on any atom is 0.315 e. The van der Waals surface area contributed by atoms with Gasteiger partial charge in [0.25, 0.3) is 0 Å². The van der Waals surface area contributed by atoms with E-state index < -0.39 is 11.9 Å². The Kier molecular flexibility index (Phi) is 6.20. The molecule has 2 amide bonds. The lowest BCUT2D eigenvalue weighted by atomic mass is 10.1. The van der Waals surface area contributed by atoms with Crippen molar-refractivity contribution in [2.45, 2.75) is 46.6 Å². The van der Waals surface area contributed by atoms with E-state index in [9.17, 15) is 9.59 Å². The molecule has 1 rings (SSSR count). The Balaban J connectivity index is 2.33. The highest BCUT2D eigenvalue weighted by molar-refractivity contribution is 5.74. The number of hydrogen-bond donors (Lipinski definition) is 3. The standard InChI is InChI=1S/C14H23N3O4/c1-8(13(18)19)6-5-7-15-14(20)16-9(2)12-10(3)17-21-11(12)4/h8-9H,5-7H2,1-4H3,(H,18,19)(H2,15,16,20). The fourth-order valence-corrected chi connectivity index (χ4v) is 2.16. The zero-order chi connectivity index (χ0) is 16.0. The molecule has 2 atom stereocenters. The highest BCUT2D eigenvalue weighted by atomic mass is 16.5. The largest absolute Gasteiger partial charge is 0.481 e. The van der Waals surface area contributed by atoms with Crippen LogP contribution in [-0.2, 0) is 4.79 Å². The third-order valence-electron chi connectivity index (χ3n) is 3.39. The predicted octanol–water partition coefficient (Wildman–Crippen LogP) is 2.15. The Hall–Kier alpha value is -2.05. The molecule has 118 valence electrons. The summed E-state index contributed by atoms with van der Waals surface area (Å²) in [6.45, 7) is 7.59. The van der Waals surface area contributed by atoms with Crippen LogP contribution in [0.4, 0.5) is 4.79 Å². The first-order valence-electron chi connectivity index (χ1n) is 7.02. The maximum atomic E-state index is 11.8. The van der Waals surface area contributed by atoms with E-state index in [1.165, 1.54) is 0 Å². The van der Waals surface area contributed by atoms with Crippen LogP contribution in [0.3, 0.4) is 0 Å². The van der Waals surface area contributed by atoms with E-state index in [1.807, 2.05) is 13.8 Å². The average molecular weight is 297 g/mol. The minimum atomic E-state index is -0.813. The maximum absolute atomic E-state index is 11.8. The van der Waals surface area contributed by atoms with Crippen molar-refractivity contribution < 1.29 is 19.2 Å². The van der Waals surface area contributed by atoms with Gasteiger partial charge in [0.1, 0.15) is 5.76 Å². The van der Waals surface area contributed by atoms with Crippen molar-refractivity contribution in [3.8, 4) is 0 Å². The molecule has 0 spiro atoms. The molecular formula is C14H23N3O4. The van der Waals surface area contributed by atoms with Crippen LogP contribution >= 0.6 is 0 Å². The van der Waals surface area contributed by atoms with Gasteiger partial charge in [-0.3, -0.25) is 4.79 Å². The molecule has 2 unspecified atom stereocenters. The molecule has 1 aromatic rings. The van der Waals surface area contributed by atoms with Crippen molar-refractivity contribution >= 4 is 12.0 Å². The lowest BCUT2D eigenvalue weighted by molar-refractivity contribution is -0.141. The number of hydrogen-bond acceptors (Lipinski definition) is 4. The van der Waals surface area contributed by atoms with Crippen LogP contribution in [0.5, 0.6) is 0 Å². The van der Waals surface area contributed by atoms with E-state index in [1.54, 1.807) is 13.8 Å². The summed E-state index contributed by atoms with van der Waals surface area (Å²) >= 11 is 0. The van der Waals surface area contributed by atoms with Crippen LogP contribution in [0.25, 0.3) is 0 Å². The molecule has 7 heteroatoms. The number of rotatable bonds is 7. The normalized spacial score (nSPS) is 13.5. The van der Waals surface area contributed by atoms with Crippen LogP contribution in [0.15, 0.2) is 4.52 Å². The van der Waals surface area contributed by atoms with Crippen LogP contribution in [0.1, 0.15) is 49.7 Å². The molecule has 0 radical (unpaired) electrons. The van der Waals surface area contributed by atoms with Crippen molar-refractivity contribution in [1.29, 1.82) is 0 Å². The minimum absolute atomic E-state index is 0.200. The quantitative estimate of drug-likeness (QED) is 0.669. The number of carbonyl (C=O) groups excluding carboxylic acids is 1. The molecule has 7 nitrogen and oxygen atoms in total. The monoisotopic (exact) mass is 297 g/mol. The summed E-state index contributed by atoms with van der Waals surface area (Å²) in [6, 6.07) is -0.486. The molecule has 0 fully saturated rings. The number of nitrogens with one attached hydrogen (secondary N) is 2. The Bertz CT molecular complexity index is 479. The summed E-state index contributed by atoms with van der Waals surface area (Å²) in [5.74, 6) is -0.516. The van der Waals surface area contributed by atoms with Crippen molar-refractivity contribution in [3.05, 3.63) is 17.0 Å². The molecule has 3 N–H and O–H groups in total. The number of nitrogens with zero attached hydrogens (tertiary/aromatic N) is 1. The summed E-state index contributed by atoms with van der Waals surface area (Å²) in [5.41, 5.74) is 1.64. The molecule has 1 aromatic heterocycles. The third kappa shape index (κ3) is 5.09. The summed E-state index contributed by atoms with van der Waals surface area (Å²) in [5, 5.41) is 18.1. The molecule has 21 heavy (non-hydrogen) atoms. The van der Waals surface area contributed by atoms with Gasteiger partial charge in [-0.25, -0.2) is 4.79 Å². The number of carboxylic acid groups (broad SMARTS) is 1. The molecule has 0 aliphatic carbocycles. The number of amides is 2. The number of aromatic nitrogens is 1. The summed E-state index contributed by atoms with van der Waals surface area (Å²) in [6.07, 6.45) is 1.16. The third-order valence-corrected chi connectivity index (χ3v) is 3.39. The molecule has 0 bridgehead atoms. The first-order chi connectivity index (χ1) is 9.82. The first-order valence-corrected chi connectivity index (χ1v) is 7.02. The van der Waals surface area contributed by atoms with Crippen molar-refractivity contribution in [1.82, 2.24) is 15.8 Å². The Labute approximate surface area is 124 Å². The topological polar surface area (TPSA) is 104 Å². The van der Waals surface area contributed by atoms with E-state index in [0.29, 0.717) is 25.1 Å². The van der Waals surface area contributed by atoms with Gasteiger partial charge in [-0.1, -0.05) is 12.1 Å². The lowest BCUT2D eigenvalue weighted by Crippen LogP contribution is -2.37. The van der Waals surface area contributed by atoms with Crippen LogP contribution in [0, 0.1) is 19.8 Å². The average Bonchev–Trinajstić information content (AvgIpc) is 2.73. The molecule has 0 aromatic carbocycles. The van der Waals surface area contributed by atoms with Crippen molar-refractivity contribution in [2.24, 2.45) is 5.92 Å². The van der Waals surface area contributed by atoms with Crippen molar-refractivity contribution in [2.75, 3.05) is 6.54 Å². The smallest absolute Gasteiger partial charge is 0.315 e. The Morgan fingerprint density at radius 2 is 2.00 bits per heavy atom. The zero-order valence-corrected chi connectivity index (χ0v) is 12.9. The number of aryl methyl sites for hydroxylation is 2. The van der Waals surface area contributed by atoms with Gasteiger partial charge in [0.2, 0.25) is 0 Å². The van der Waals surface area contributed by atoms with Gasteiger partial charge in [-0.05, 0) is 33.6 Å². The number of urea groups is 1. The molecule has 0 aliphatic rings. The summed E-state index contributed by atoms with van der Waals surface area (Å²) < 4.78 is 5.07. The second-order valence-corrected chi connectivity index (χ2v) is 5.24. The molecule has 1 heterocycles. The van der Waals surface area contributed by atoms with Crippen LogP contribution in [0.2, 0.25) is 0 Å². The number of aliphatic carboxylic acids is 1. The first kappa shape index (κ1) is 17.0. The highest BCUT2D eigenvalue weighted by Crippen LogP contribution is 2.20. The number of carboxylic acids is 1. The SMILES string of the molecule is Cc1noc(C)c1C(C)NC(=O)NCCCC(C)C(=O)O. The van der Waals surface area contributed by atoms with E-state index in [4.69, 9.17) is 9.63 Å². The van der Waals surface area contributed by atoms with E-state index >= 15 is 0 Å². The molecule has 0 saturated carbocycles. The fourth-order valence-electron chi connectivity index (χ4n) is 2.16. The molecule has 0 aliphatic heterocycles. The van der Waals surface area contributed by atoms with E-state index in [-0.39, 0.29) is 12.1 Å². The minimum Gasteiger partial charge on any atom is -0.481 e. The van der Waals surface area contributed by atoms with Gasteiger partial charge in [0.15, 0.2) is 0 Å². The zero-order valence-electron chi connectivity index (χ0n) is 12.9. The Morgan fingerprint density at radius 3 is 2.52 bits per heavy atom. The molecular weight excluding hydrogens is 274 g/mol. The summed E-state index contributed by atoms with van der Waals surface area (Å²) in [4.78, 5) is 22.4. The van der Waals surface area contributed by atoms with Gasteiger partial charge in [-0.15, -0.1) is 0 Å². The van der Waals surface area contributed by atoms with Gasteiger partial charge >= 0.3 is 12.0 Å². The van der Waals surface area contributed by atoms with Gasteiger partial charge in [0, 0.05) is 12.1 Å². The fraction of sp³-hybridized carbons (Fsp3) is 0.643.